The summed E-state index contributed by atoms with van der Waals surface area (Å²) in [5, 5.41) is 9.88. The van der Waals surface area contributed by atoms with Crippen LogP contribution in [0.15, 0.2) is 41.5 Å². The predicted octanol–water partition coefficient (Wildman–Crippen LogP) is 3.73. The molecule has 0 spiro atoms. The lowest BCUT2D eigenvalue weighted by Gasteiger charge is -2.24. The van der Waals surface area contributed by atoms with Crippen molar-refractivity contribution in [3.63, 3.8) is 0 Å². The molecule has 1 aromatic carbocycles. The average molecular weight is 431 g/mol. The molecule has 1 amide bonds. The van der Waals surface area contributed by atoms with E-state index in [2.05, 4.69) is 4.98 Å². The van der Waals surface area contributed by atoms with E-state index in [1.54, 1.807) is 34.0 Å². The number of rotatable bonds is 2. The second kappa shape index (κ2) is 7.36. The first kappa shape index (κ1) is 20.3. The van der Waals surface area contributed by atoms with Crippen molar-refractivity contribution >= 4 is 28.7 Å². The fourth-order valence-electron chi connectivity index (χ4n) is 3.75. The number of halogens is 1. The Bertz CT molecular complexity index is 1180. The van der Waals surface area contributed by atoms with Crippen molar-refractivity contribution in [2.24, 2.45) is 0 Å². The van der Waals surface area contributed by atoms with E-state index in [1.807, 2.05) is 20.8 Å². The predicted molar refractivity (Wildman–Crippen MR) is 113 cm³/mol. The molecule has 4 rings (SSSR count). The Labute approximate surface area is 178 Å². The zero-order chi connectivity index (χ0) is 21.6. The van der Waals surface area contributed by atoms with Gasteiger partial charge in [0.25, 0.3) is 0 Å². The van der Waals surface area contributed by atoms with Gasteiger partial charge in [-0.25, -0.2) is 9.59 Å². The number of hydrogen-bond acceptors (Lipinski definition) is 5. The van der Waals surface area contributed by atoms with Crippen molar-refractivity contribution in [2.75, 3.05) is 13.1 Å². The van der Waals surface area contributed by atoms with Crippen LogP contribution in [-0.2, 0) is 4.74 Å². The van der Waals surface area contributed by atoms with Crippen LogP contribution in [0.4, 0.5) is 4.79 Å². The summed E-state index contributed by atoms with van der Waals surface area (Å²) < 4.78 is 8.68. The number of carbonyl (C=O) groups is 1. The molecule has 9 heteroatoms. The van der Waals surface area contributed by atoms with Crippen molar-refractivity contribution in [1.29, 1.82) is 0 Å². The van der Waals surface area contributed by atoms with Crippen LogP contribution < -0.4 is 5.69 Å². The first-order valence-corrected chi connectivity index (χ1v) is 10.1. The van der Waals surface area contributed by atoms with Crippen LogP contribution in [0.1, 0.15) is 33.2 Å². The number of phenolic OH excluding ortho intramolecular Hbond substituents is 1. The summed E-state index contributed by atoms with van der Waals surface area (Å²) >= 11 is 6.06. The molecule has 30 heavy (non-hydrogen) atoms. The first-order valence-electron chi connectivity index (χ1n) is 9.69. The van der Waals surface area contributed by atoms with E-state index >= 15 is 0 Å². The number of likely N-dealkylation sites (tertiary alicyclic amines) is 1. The summed E-state index contributed by atoms with van der Waals surface area (Å²) in [6, 6.07) is 6.20. The second-order valence-electron chi connectivity index (χ2n) is 8.36. The van der Waals surface area contributed by atoms with Gasteiger partial charge >= 0.3 is 11.8 Å². The van der Waals surface area contributed by atoms with Crippen LogP contribution in [0, 0.1) is 0 Å². The van der Waals surface area contributed by atoms with Crippen molar-refractivity contribution in [2.45, 2.75) is 38.8 Å². The molecule has 0 saturated carbocycles. The van der Waals surface area contributed by atoms with Gasteiger partial charge in [-0.05, 0) is 51.5 Å². The Kier molecular flexibility index (Phi) is 4.97. The largest absolute Gasteiger partial charge is 0.506 e. The maximum atomic E-state index is 13.4. The van der Waals surface area contributed by atoms with E-state index < -0.39 is 5.60 Å². The van der Waals surface area contributed by atoms with Crippen LogP contribution in [-0.4, -0.2) is 48.9 Å². The standard InChI is InChI=1S/C21H23ClN4O4/c1-21(2,3)30-20(29)24-9-7-14(12-24)26-16-6-8-23-11-17(16)25(19(26)28)13-4-5-18(27)15(22)10-13/h4-6,8,10-11,14,27H,7,9,12H2,1-3H3. The fourth-order valence-corrected chi connectivity index (χ4v) is 3.93. The molecule has 2 aromatic heterocycles. The topological polar surface area (TPSA) is 89.6 Å². The SMILES string of the molecule is CC(C)(C)OC(=O)N1CCC(n2c(=O)n(-c3ccc(O)c(Cl)c3)c3cnccc32)C1. The van der Waals surface area contributed by atoms with Gasteiger partial charge in [0.1, 0.15) is 11.4 Å². The van der Waals surface area contributed by atoms with Gasteiger partial charge < -0.3 is 14.7 Å². The number of carbonyl (C=O) groups excluding carboxylic acids is 1. The van der Waals surface area contributed by atoms with Gasteiger partial charge in [-0.1, -0.05) is 11.6 Å². The van der Waals surface area contributed by atoms with Crippen molar-refractivity contribution in [3.8, 4) is 11.4 Å². The Balaban J connectivity index is 1.74. The maximum Gasteiger partial charge on any atom is 0.410 e. The molecule has 1 saturated heterocycles. The molecule has 0 radical (unpaired) electrons. The van der Waals surface area contributed by atoms with E-state index in [0.29, 0.717) is 30.7 Å². The lowest BCUT2D eigenvalue weighted by Crippen LogP contribution is -2.36. The van der Waals surface area contributed by atoms with Gasteiger partial charge in [-0.3, -0.25) is 14.1 Å². The molecule has 8 nitrogen and oxygen atoms in total. The summed E-state index contributed by atoms with van der Waals surface area (Å²) in [5.41, 5.74) is 1.04. The second-order valence-corrected chi connectivity index (χ2v) is 8.76. The monoisotopic (exact) mass is 430 g/mol. The number of imidazole rings is 1. The fraction of sp³-hybridized carbons (Fsp3) is 0.381. The Morgan fingerprint density at radius 1 is 1.27 bits per heavy atom. The highest BCUT2D eigenvalue weighted by Gasteiger charge is 2.33. The van der Waals surface area contributed by atoms with Crippen LogP contribution in [0.25, 0.3) is 16.7 Å². The van der Waals surface area contributed by atoms with Crippen molar-refractivity contribution in [3.05, 3.63) is 52.2 Å². The number of phenols is 1. The third-order valence-electron chi connectivity index (χ3n) is 5.05. The molecule has 0 bridgehead atoms. The molecule has 1 N–H and O–H groups in total. The number of aromatic nitrogens is 3. The molecular weight excluding hydrogens is 408 g/mol. The van der Waals surface area contributed by atoms with Gasteiger partial charge in [0.05, 0.1) is 34.0 Å². The molecule has 158 valence electrons. The summed E-state index contributed by atoms with van der Waals surface area (Å²) in [4.78, 5) is 31.7. The highest BCUT2D eigenvalue weighted by atomic mass is 35.5. The summed E-state index contributed by atoms with van der Waals surface area (Å²) in [5.74, 6) is -0.0564. The minimum Gasteiger partial charge on any atom is -0.506 e. The average Bonchev–Trinajstić information content (AvgIpc) is 3.25. The van der Waals surface area contributed by atoms with Crippen LogP contribution in [0.3, 0.4) is 0 Å². The molecule has 1 aliphatic rings. The number of aromatic hydroxyl groups is 1. The smallest absolute Gasteiger partial charge is 0.410 e. The molecular formula is C21H23ClN4O4. The third-order valence-corrected chi connectivity index (χ3v) is 5.35. The summed E-state index contributed by atoms with van der Waals surface area (Å²) in [7, 11) is 0. The van der Waals surface area contributed by atoms with Gasteiger partial charge in [-0.15, -0.1) is 0 Å². The minimum atomic E-state index is -0.578. The Morgan fingerprint density at radius 3 is 2.73 bits per heavy atom. The highest BCUT2D eigenvalue weighted by molar-refractivity contribution is 6.32. The number of hydrogen-bond donors (Lipinski definition) is 1. The number of pyridine rings is 1. The zero-order valence-corrected chi connectivity index (χ0v) is 17.8. The van der Waals surface area contributed by atoms with E-state index in [0.717, 1.165) is 5.52 Å². The quantitative estimate of drug-likeness (QED) is 0.669. The number of nitrogens with zero attached hydrogens (tertiary/aromatic N) is 4. The van der Waals surface area contributed by atoms with E-state index in [1.165, 1.54) is 16.7 Å². The number of amides is 1. The van der Waals surface area contributed by atoms with Gasteiger partial charge in [0, 0.05) is 19.3 Å². The molecule has 0 aliphatic carbocycles. The molecule has 1 unspecified atom stereocenters. The van der Waals surface area contributed by atoms with Gasteiger partial charge in [0.2, 0.25) is 0 Å². The molecule has 3 heterocycles. The highest BCUT2D eigenvalue weighted by Crippen LogP contribution is 2.29. The first-order chi connectivity index (χ1) is 14.2. The Hall–Kier alpha value is -3.00. The lowest BCUT2D eigenvalue weighted by atomic mass is 10.2. The molecule has 1 aliphatic heterocycles. The summed E-state index contributed by atoms with van der Waals surface area (Å²) in [6.45, 7) is 6.37. The Morgan fingerprint density at radius 2 is 2.03 bits per heavy atom. The normalized spacial score (nSPS) is 16.9. The molecule has 1 fully saturated rings. The minimum absolute atomic E-state index is 0.0564. The van der Waals surface area contributed by atoms with Gasteiger partial charge in [-0.2, -0.15) is 0 Å². The van der Waals surface area contributed by atoms with Crippen LogP contribution >= 0.6 is 11.6 Å². The van der Waals surface area contributed by atoms with Crippen molar-refractivity contribution < 1.29 is 14.6 Å². The zero-order valence-electron chi connectivity index (χ0n) is 17.0. The summed E-state index contributed by atoms with van der Waals surface area (Å²) in [6.07, 6.45) is 3.51. The number of benzene rings is 1. The third kappa shape index (κ3) is 3.63. The number of fused-ring (bicyclic) bond motifs is 1. The lowest BCUT2D eigenvalue weighted by molar-refractivity contribution is 0.0289. The van der Waals surface area contributed by atoms with E-state index in [-0.39, 0.29) is 28.6 Å². The van der Waals surface area contributed by atoms with Gasteiger partial charge in [0.15, 0.2) is 0 Å². The molecule has 3 aromatic rings. The molecule has 1 atom stereocenters. The van der Waals surface area contributed by atoms with Crippen LogP contribution in [0.2, 0.25) is 5.02 Å². The maximum absolute atomic E-state index is 13.4. The van der Waals surface area contributed by atoms with Crippen molar-refractivity contribution in [1.82, 2.24) is 19.0 Å². The number of ether oxygens (including phenoxy) is 1. The van der Waals surface area contributed by atoms with E-state index in [9.17, 15) is 14.7 Å². The van der Waals surface area contributed by atoms with E-state index in [4.69, 9.17) is 16.3 Å². The van der Waals surface area contributed by atoms with Crippen LogP contribution in [0.5, 0.6) is 5.75 Å².